The molecule has 0 aliphatic carbocycles. The standard InChI is InChI=1S/C11H13Cl3/c1-7-9(4-12)3-10(5-13)8(2)11(7)6-14/h3H,4-6H2,1-2H3. The van der Waals surface area contributed by atoms with Gasteiger partial charge in [-0.05, 0) is 41.7 Å². The molecule has 0 aliphatic rings. The monoisotopic (exact) mass is 250 g/mol. The van der Waals surface area contributed by atoms with Crippen molar-refractivity contribution in [3.05, 3.63) is 33.9 Å². The number of benzene rings is 1. The average Bonchev–Trinajstić information content (AvgIpc) is 2.19. The van der Waals surface area contributed by atoms with Crippen LogP contribution in [0.2, 0.25) is 0 Å². The van der Waals surface area contributed by atoms with Gasteiger partial charge in [0.15, 0.2) is 0 Å². The molecule has 0 amide bonds. The van der Waals surface area contributed by atoms with E-state index < -0.39 is 0 Å². The minimum Gasteiger partial charge on any atom is -0.122 e. The molecular formula is C11H13Cl3. The second-order valence-corrected chi connectivity index (χ2v) is 4.13. The molecule has 0 unspecified atom stereocenters. The molecule has 0 bridgehead atoms. The first kappa shape index (κ1) is 12.2. The van der Waals surface area contributed by atoms with Gasteiger partial charge in [0.05, 0.1) is 0 Å². The number of rotatable bonds is 3. The van der Waals surface area contributed by atoms with Crippen molar-refractivity contribution in [2.45, 2.75) is 31.5 Å². The lowest BCUT2D eigenvalue weighted by molar-refractivity contribution is 1.13. The first-order valence-corrected chi connectivity index (χ1v) is 6.04. The average molecular weight is 252 g/mol. The zero-order valence-corrected chi connectivity index (χ0v) is 10.6. The molecule has 0 N–H and O–H groups in total. The Labute approximate surface area is 100 Å². The lowest BCUT2D eigenvalue weighted by atomic mass is 9.95. The van der Waals surface area contributed by atoms with Gasteiger partial charge in [-0.1, -0.05) is 6.07 Å². The minimum absolute atomic E-state index is 0.514. The van der Waals surface area contributed by atoms with Crippen LogP contribution in [-0.2, 0) is 17.6 Å². The normalized spacial score (nSPS) is 10.6. The van der Waals surface area contributed by atoms with E-state index in [0.29, 0.717) is 17.6 Å². The van der Waals surface area contributed by atoms with Crippen LogP contribution in [-0.4, -0.2) is 0 Å². The van der Waals surface area contributed by atoms with Gasteiger partial charge in [-0.15, -0.1) is 34.8 Å². The highest BCUT2D eigenvalue weighted by Gasteiger charge is 2.10. The highest BCUT2D eigenvalue weighted by molar-refractivity contribution is 6.18. The maximum atomic E-state index is 5.91. The van der Waals surface area contributed by atoms with E-state index in [0.717, 1.165) is 11.1 Å². The Bertz CT molecular complexity index is 304. The van der Waals surface area contributed by atoms with Crippen molar-refractivity contribution in [2.75, 3.05) is 0 Å². The predicted molar refractivity (Wildman–Crippen MR) is 64.6 cm³/mol. The van der Waals surface area contributed by atoms with E-state index in [1.54, 1.807) is 0 Å². The topological polar surface area (TPSA) is 0 Å². The second-order valence-electron chi connectivity index (χ2n) is 3.32. The van der Waals surface area contributed by atoms with Gasteiger partial charge >= 0.3 is 0 Å². The number of alkyl halides is 3. The van der Waals surface area contributed by atoms with Crippen LogP contribution >= 0.6 is 34.8 Å². The molecular weight excluding hydrogens is 238 g/mol. The smallest absolute Gasteiger partial charge is 0.0479 e. The van der Waals surface area contributed by atoms with Crippen LogP contribution in [0.5, 0.6) is 0 Å². The van der Waals surface area contributed by atoms with E-state index in [1.807, 2.05) is 0 Å². The molecule has 0 nitrogen and oxygen atoms in total. The van der Waals surface area contributed by atoms with Crippen molar-refractivity contribution in [1.82, 2.24) is 0 Å². The minimum atomic E-state index is 0.514. The third kappa shape index (κ3) is 2.18. The molecule has 0 saturated carbocycles. The Hall–Kier alpha value is 0.0900. The molecule has 14 heavy (non-hydrogen) atoms. The fraction of sp³-hybridized carbons (Fsp3) is 0.455. The summed E-state index contributed by atoms with van der Waals surface area (Å²) in [4.78, 5) is 0. The van der Waals surface area contributed by atoms with Crippen molar-refractivity contribution in [2.24, 2.45) is 0 Å². The molecule has 1 aromatic carbocycles. The second kappa shape index (κ2) is 5.25. The van der Waals surface area contributed by atoms with E-state index >= 15 is 0 Å². The van der Waals surface area contributed by atoms with Gasteiger partial charge in [0.1, 0.15) is 0 Å². The van der Waals surface area contributed by atoms with Crippen LogP contribution in [0.3, 0.4) is 0 Å². The zero-order chi connectivity index (χ0) is 10.7. The SMILES string of the molecule is Cc1c(CCl)cc(CCl)c(C)c1CCl. The van der Waals surface area contributed by atoms with E-state index in [1.165, 1.54) is 16.7 Å². The highest BCUT2D eigenvalue weighted by Crippen LogP contribution is 2.26. The Balaban J connectivity index is 3.39. The van der Waals surface area contributed by atoms with E-state index in [9.17, 15) is 0 Å². The van der Waals surface area contributed by atoms with Gasteiger partial charge < -0.3 is 0 Å². The summed E-state index contributed by atoms with van der Waals surface area (Å²) in [6.07, 6.45) is 0. The summed E-state index contributed by atoms with van der Waals surface area (Å²) in [5.74, 6) is 1.55. The molecule has 0 saturated heterocycles. The summed E-state index contributed by atoms with van der Waals surface area (Å²) < 4.78 is 0. The van der Waals surface area contributed by atoms with Gasteiger partial charge in [-0.25, -0.2) is 0 Å². The molecule has 0 radical (unpaired) electrons. The molecule has 3 heteroatoms. The summed E-state index contributed by atoms with van der Waals surface area (Å²) >= 11 is 17.6. The lowest BCUT2D eigenvalue weighted by Gasteiger charge is -2.14. The van der Waals surface area contributed by atoms with Crippen molar-refractivity contribution in [1.29, 1.82) is 0 Å². The summed E-state index contributed by atoms with van der Waals surface area (Å²) in [7, 11) is 0. The quantitative estimate of drug-likeness (QED) is 0.693. The first-order chi connectivity index (χ1) is 6.65. The third-order valence-corrected chi connectivity index (χ3v) is 3.48. The molecule has 0 aromatic heterocycles. The van der Waals surface area contributed by atoms with Gasteiger partial charge in [0.2, 0.25) is 0 Å². The van der Waals surface area contributed by atoms with Crippen LogP contribution < -0.4 is 0 Å². The van der Waals surface area contributed by atoms with Crippen molar-refractivity contribution in [3.63, 3.8) is 0 Å². The molecule has 0 aliphatic heterocycles. The van der Waals surface area contributed by atoms with Gasteiger partial charge in [-0.3, -0.25) is 0 Å². The Morgan fingerprint density at radius 3 is 1.57 bits per heavy atom. The van der Waals surface area contributed by atoms with Crippen LogP contribution in [0.25, 0.3) is 0 Å². The lowest BCUT2D eigenvalue weighted by Crippen LogP contribution is -1.99. The maximum absolute atomic E-state index is 5.91. The molecule has 0 fully saturated rings. The molecule has 1 rings (SSSR count). The Kier molecular flexibility index (Phi) is 4.56. The summed E-state index contributed by atoms with van der Waals surface area (Å²) in [6, 6.07) is 2.07. The predicted octanol–water partition coefficient (Wildman–Crippen LogP) is 4.52. The number of hydrogen-bond acceptors (Lipinski definition) is 0. The fourth-order valence-electron chi connectivity index (χ4n) is 1.57. The van der Waals surface area contributed by atoms with E-state index in [-0.39, 0.29) is 0 Å². The van der Waals surface area contributed by atoms with E-state index in [4.69, 9.17) is 34.8 Å². The van der Waals surface area contributed by atoms with Crippen LogP contribution in [0.4, 0.5) is 0 Å². The maximum Gasteiger partial charge on any atom is 0.0479 e. The van der Waals surface area contributed by atoms with E-state index in [2.05, 4.69) is 19.9 Å². The number of halogens is 3. The van der Waals surface area contributed by atoms with Crippen LogP contribution in [0.1, 0.15) is 27.8 Å². The highest BCUT2D eigenvalue weighted by atomic mass is 35.5. The zero-order valence-electron chi connectivity index (χ0n) is 8.33. The largest absolute Gasteiger partial charge is 0.122 e. The van der Waals surface area contributed by atoms with Gasteiger partial charge in [-0.2, -0.15) is 0 Å². The molecule has 0 atom stereocenters. The first-order valence-electron chi connectivity index (χ1n) is 4.44. The summed E-state index contributed by atoms with van der Waals surface area (Å²) in [6.45, 7) is 4.11. The van der Waals surface area contributed by atoms with Gasteiger partial charge in [0, 0.05) is 17.6 Å². The molecule has 0 heterocycles. The third-order valence-electron chi connectivity index (χ3n) is 2.64. The van der Waals surface area contributed by atoms with Crippen molar-refractivity contribution in [3.8, 4) is 0 Å². The molecule has 0 spiro atoms. The number of hydrogen-bond donors (Lipinski definition) is 0. The molecule has 78 valence electrons. The van der Waals surface area contributed by atoms with Crippen molar-refractivity contribution < 1.29 is 0 Å². The fourth-order valence-corrected chi connectivity index (χ4v) is 2.53. The van der Waals surface area contributed by atoms with Gasteiger partial charge in [0.25, 0.3) is 0 Å². The van der Waals surface area contributed by atoms with Crippen LogP contribution in [0.15, 0.2) is 6.07 Å². The molecule has 1 aromatic rings. The van der Waals surface area contributed by atoms with Crippen LogP contribution in [0, 0.1) is 13.8 Å². The Morgan fingerprint density at radius 2 is 1.29 bits per heavy atom. The van der Waals surface area contributed by atoms with Crippen molar-refractivity contribution >= 4 is 34.8 Å². The Morgan fingerprint density at radius 1 is 0.857 bits per heavy atom. The summed E-state index contributed by atoms with van der Waals surface area (Å²) in [5, 5.41) is 0. The summed E-state index contributed by atoms with van der Waals surface area (Å²) in [5.41, 5.74) is 5.82.